The number of nitro benzene ring substituents is 1. The molecule has 1 aromatic rings. The summed E-state index contributed by atoms with van der Waals surface area (Å²) < 4.78 is 26.6. The lowest BCUT2D eigenvalue weighted by atomic mass is 10.2. The minimum Gasteiger partial charge on any atom is -0.258 e. The molecule has 108 valence electrons. The molecule has 0 bridgehead atoms. The summed E-state index contributed by atoms with van der Waals surface area (Å²) in [5, 5.41) is 10.8. The molecule has 20 heavy (non-hydrogen) atoms. The predicted molar refractivity (Wildman–Crippen MR) is 75.7 cm³/mol. The zero-order chi connectivity index (χ0) is 15.2. The Hall–Kier alpha value is -1.91. The first-order chi connectivity index (χ1) is 9.40. The Morgan fingerprint density at radius 3 is 2.70 bits per heavy atom. The van der Waals surface area contributed by atoms with Crippen molar-refractivity contribution in [2.24, 2.45) is 0 Å². The van der Waals surface area contributed by atoms with E-state index in [1.807, 2.05) is 0 Å². The number of nitrogens with one attached hydrogen (secondary N) is 1. The summed E-state index contributed by atoms with van der Waals surface area (Å²) in [5.74, 6) is 2.47. The summed E-state index contributed by atoms with van der Waals surface area (Å²) in [6, 6.07) is 3.99. The molecule has 0 aromatic heterocycles. The fourth-order valence-electron chi connectivity index (χ4n) is 1.73. The minimum atomic E-state index is -3.74. The Kier molecular flexibility index (Phi) is 5.67. The van der Waals surface area contributed by atoms with E-state index in [0.717, 1.165) is 6.42 Å². The molecule has 1 rings (SSSR count). The van der Waals surface area contributed by atoms with Gasteiger partial charge in [-0.1, -0.05) is 6.07 Å². The van der Waals surface area contributed by atoms with Crippen LogP contribution in [0.15, 0.2) is 23.1 Å². The SMILES string of the molecule is C#CCCCCNS(=O)(=O)c1cccc([N+](=O)[O-])c1C. The molecule has 0 radical (unpaired) electrons. The normalized spacial score (nSPS) is 11.0. The maximum absolute atomic E-state index is 12.1. The van der Waals surface area contributed by atoms with Gasteiger partial charge in [0.05, 0.1) is 9.82 Å². The van der Waals surface area contributed by atoms with E-state index in [9.17, 15) is 18.5 Å². The van der Waals surface area contributed by atoms with Crippen LogP contribution in [0.3, 0.4) is 0 Å². The maximum atomic E-state index is 12.1. The standard InChI is InChI=1S/C13H16N2O4S/c1-3-4-5-6-10-14-20(18,19)13-9-7-8-12(11(13)2)15(16)17/h1,7-9,14H,4-6,10H2,2H3. The first-order valence-electron chi connectivity index (χ1n) is 6.07. The van der Waals surface area contributed by atoms with Gasteiger partial charge in [0.2, 0.25) is 10.0 Å². The van der Waals surface area contributed by atoms with E-state index < -0.39 is 14.9 Å². The van der Waals surface area contributed by atoms with Crippen LogP contribution < -0.4 is 4.72 Å². The zero-order valence-electron chi connectivity index (χ0n) is 11.1. The van der Waals surface area contributed by atoms with Gasteiger partial charge >= 0.3 is 0 Å². The molecule has 7 heteroatoms. The van der Waals surface area contributed by atoms with Crippen LogP contribution in [-0.4, -0.2) is 19.9 Å². The van der Waals surface area contributed by atoms with E-state index in [-0.39, 0.29) is 22.7 Å². The van der Waals surface area contributed by atoms with Gasteiger partial charge in [-0.25, -0.2) is 13.1 Å². The number of sulfonamides is 1. The molecule has 1 aromatic carbocycles. The van der Waals surface area contributed by atoms with Crippen LogP contribution in [-0.2, 0) is 10.0 Å². The van der Waals surface area contributed by atoms with Gasteiger partial charge in [-0.05, 0) is 25.8 Å². The van der Waals surface area contributed by atoms with Crippen molar-refractivity contribution in [3.8, 4) is 12.3 Å². The molecule has 6 nitrogen and oxygen atoms in total. The summed E-state index contributed by atoms with van der Waals surface area (Å²) in [7, 11) is -3.74. The van der Waals surface area contributed by atoms with Crippen molar-refractivity contribution in [2.45, 2.75) is 31.1 Å². The number of rotatable bonds is 7. The smallest absolute Gasteiger partial charge is 0.258 e. The molecule has 0 saturated heterocycles. The van der Waals surface area contributed by atoms with Crippen LogP contribution in [0.25, 0.3) is 0 Å². The van der Waals surface area contributed by atoms with Crippen molar-refractivity contribution in [3.05, 3.63) is 33.9 Å². The summed E-state index contributed by atoms with van der Waals surface area (Å²) in [5.41, 5.74) is -0.0752. The maximum Gasteiger partial charge on any atom is 0.273 e. The Balaban J connectivity index is 2.86. The lowest BCUT2D eigenvalue weighted by molar-refractivity contribution is -0.385. The third kappa shape index (κ3) is 4.05. The minimum absolute atomic E-state index is 0.0661. The summed E-state index contributed by atoms with van der Waals surface area (Å²) in [6.07, 6.45) is 7.05. The highest BCUT2D eigenvalue weighted by molar-refractivity contribution is 7.89. The van der Waals surface area contributed by atoms with Gasteiger partial charge in [-0.2, -0.15) is 0 Å². The molecular formula is C13H16N2O4S. The van der Waals surface area contributed by atoms with Gasteiger partial charge in [-0.3, -0.25) is 10.1 Å². The highest BCUT2D eigenvalue weighted by Crippen LogP contribution is 2.24. The second-order valence-electron chi connectivity index (χ2n) is 4.22. The van der Waals surface area contributed by atoms with Crippen LogP contribution in [0.4, 0.5) is 5.69 Å². The Morgan fingerprint density at radius 1 is 1.40 bits per heavy atom. The van der Waals surface area contributed by atoms with Crippen molar-refractivity contribution < 1.29 is 13.3 Å². The second-order valence-corrected chi connectivity index (χ2v) is 5.95. The predicted octanol–water partition coefficient (Wildman–Crippen LogP) is 1.99. The third-order valence-corrected chi connectivity index (χ3v) is 4.39. The number of benzene rings is 1. The highest BCUT2D eigenvalue weighted by atomic mass is 32.2. The molecule has 0 aliphatic heterocycles. The summed E-state index contributed by atoms with van der Waals surface area (Å²) >= 11 is 0. The number of terminal acetylenes is 1. The Bertz CT molecular complexity index is 632. The van der Waals surface area contributed by atoms with Gasteiger partial charge < -0.3 is 0 Å². The van der Waals surface area contributed by atoms with Crippen molar-refractivity contribution >= 4 is 15.7 Å². The van der Waals surface area contributed by atoms with Crippen LogP contribution in [0.2, 0.25) is 0 Å². The van der Waals surface area contributed by atoms with E-state index in [4.69, 9.17) is 6.42 Å². The lowest BCUT2D eigenvalue weighted by Crippen LogP contribution is -2.25. The molecular weight excluding hydrogens is 280 g/mol. The topological polar surface area (TPSA) is 89.3 Å². The van der Waals surface area contributed by atoms with Gasteiger partial charge in [0.15, 0.2) is 0 Å². The molecule has 0 saturated carbocycles. The Morgan fingerprint density at radius 2 is 2.10 bits per heavy atom. The first kappa shape index (κ1) is 16.1. The van der Waals surface area contributed by atoms with Crippen molar-refractivity contribution in [3.63, 3.8) is 0 Å². The summed E-state index contributed by atoms with van der Waals surface area (Å²) in [4.78, 5) is 10.1. The first-order valence-corrected chi connectivity index (χ1v) is 7.55. The number of nitro groups is 1. The van der Waals surface area contributed by atoms with E-state index in [2.05, 4.69) is 10.6 Å². The molecule has 1 N–H and O–H groups in total. The third-order valence-electron chi connectivity index (χ3n) is 2.78. The quantitative estimate of drug-likeness (QED) is 0.360. The molecule has 0 spiro atoms. The van der Waals surface area contributed by atoms with E-state index in [1.165, 1.54) is 25.1 Å². The lowest BCUT2D eigenvalue weighted by Gasteiger charge is -2.09. The fraction of sp³-hybridized carbons (Fsp3) is 0.385. The highest BCUT2D eigenvalue weighted by Gasteiger charge is 2.22. The molecule has 0 aliphatic rings. The molecule has 0 aliphatic carbocycles. The monoisotopic (exact) mass is 296 g/mol. The summed E-state index contributed by atoms with van der Waals surface area (Å²) in [6.45, 7) is 1.68. The molecule has 0 fully saturated rings. The van der Waals surface area contributed by atoms with Crippen molar-refractivity contribution in [1.29, 1.82) is 0 Å². The average Bonchev–Trinajstić information content (AvgIpc) is 2.38. The number of nitrogens with zero attached hydrogens (tertiary/aromatic N) is 1. The van der Waals surface area contributed by atoms with Gasteiger partial charge in [0.1, 0.15) is 0 Å². The van der Waals surface area contributed by atoms with Crippen LogP contribution in [0, 0.1) is 29.4 Å². The molecule has 0 amide bonds. The van der Waals surface area contributed by atoms with Crippen LogP contribution >= 0.6 is 0 Å². The fourth-order valence-corrected chi connectivity index (χ4v) is 3.06. The van der Waals surface area contributed by atoms with Gasteiger partial charge in [-0.15, -0.1) is 12.3 Å². The Labute approximate surface area is 118 Å². The zero-order valence-corrected chi connectivity index (χ0v) is 11.9. The molecule has 0 unspecified atom stereocenters. The van der Waals surface area contributed by atoms with Crippen molar-refractivity contribution in [1.82, 2.24) is 4.72 Å². The second kappa shape index (κ2) is 7.03. The van der Waals surface area contributed by atoms with E-state index >= 15 is 0 Å². The largest absolute Gasteiger partial charge is 0.273 e. The van der Waals surface area contributed by atoms with Gasteiger partial charge in [0, 0.05) is 24.6 Å². The van der Waals surface area contributed by atoms with Crippen LogP contribution in [0.1, 0.15) is 24.8 Å². The molecule has 0 heterocycles. The van der Waals surface area contributed by atoms with E-state index in [1.54, 1.807) is 0 Å². The molecule has 0 atom stereocenters. The van der Waals surface area contributed by atoms with Gasteiger partial charge in [0.25, 0.3) is 5.69 Å². The number of unbranched alkanes of at least 4 members (excludes halogenated alkanes) is 2. The average molecular weight is 296 g/mol. The number of hydrogen-bond acceptors (Lipinski definition) is 4. The van der Waals surface area contributed by atoms with E-state index in [0.29, 0.717) is 12.8 Å². The van der Waals surface area contributed by atoms with Crippen molar-refractivity contribution in [2.75, 3.05) is 6.54 Å². The van der Waals surface area contributed by atoms with Crippen LogP contribution in [0.5, 0.6) is 0 Å². The number of hydrogen-bond donors (Lipinski definition) is 1.